The minimum atomic E-state index is -4.56. The number of aromatic nitrogens is 3. The number of benzene rings is 1. The summed E-state index contributed by atoms with van der Waals surface area (Å²) in [4.78, 5) is 22.7. The number of primary amides is 1. The molecule has 1 aromatic carbocycles. The van der Waals surface area contributed by atoms with Gasteiger partial charge in [-0.25, -0.2) is 4.68 Å². The van der Waals surface area contributed by atoms with Crippen molar-refractivity contribution in [3.63, 3.8) is 0 Å². The topological polar surface area (TPSA) is 103 Å². The van der Waals surface area contributed by atoms with Crippen LogP contribution in [0.15, 0.2) is 24.3 Å². The predicted molar refractivity (Wildman–Crippen MR) is 83.2 cm³/mol. The number of alkyl halides is 3. The molecule has 2 rings (SSSR count). The van der Waals surface area contributed by atoms with Crippen LogP contribution < -0.4 is 11.1 Å². The molecule has 2 aromatic rings. The number of anilines is 1. The van der Waals surface area contributed by atoms with Crippen LogP contribution in [0.5, 0.6) is 0 Å². The minimum absolute atomic E-state index is 0.0735. The Morgan fingerprint density at radius 1 is 1.24 bits per heavy atom. The Bertz CT molecular complexity index is 768. The molecule has 0 unspecified atom stereocenters. The Morgan fingerprint density at radius 2 is 1.88 bits per heavy atom. The largest absolute Gasteiger partial charge is 0.397 e. The molecule has 25 heavy (non-hydrogen) atoms. The zero-order valence-corrected chi connectivity index (χ0v) is 13.3. The molecule has 0 atom stereocenters. The van der Waals surface area contributed by atoms with Gasteiger partial charge in [0, 0.05) is 5.69 Å². The number of nitrogens with two attached hydrogens (primary N) is 1. The first kappa shape index (κ1) is 18.4. The summed E-state index contributed by atoms with van der Waals surface area (Å²) < 4.78 is 37.9. The Labute approximate surface area is 141 Å². The predicted octanol–water partition coefficient (Wildman–Crippen LogP) is 2.21. The molecule has 2 amide bonds. The summed E-state index contributed by atoms with van der Waals surface area (Å²) in [5, 5.41) is 9.82. The molecule has 3 N–H and O–H groups in total. The SMILES string of the molecule is CCCc1c(C(N)=O)nnn1-c1ccc(NC(=O)CC(F)(F)F)cc1. The summed E-state index contributed by atoms with van der Waals surface area (Å²) >= 11 is 0. The summed E-state index contributed by atoms with van der Waals surface area (Å²) in [7, 11) is 0. The highest BCUT2D eigenvalue weighted by Crippen LogP contribution is 2.21. The van der Waals surface area contributed by atoms with Crippen LogP contribution in [0.3, 0.4) is 0 Å². The Hall–Kier alpha value is -2.91. The van der Waals surface area contributed by atoms with Crippen molar-refractivity contribution in [2.75, 3.05) is 5.32 Å². The van der Waals surface area contributed by atoms with Gasteiger partial charge >= 0.3 is 6.18 Å². The van der Waals surface area contributed by atoms with E-state index in [0.717, 1.165) is 6.42 Å². The van der Waals surface area contributed by atoms with Crippen LogP contribution in [0.1, 0.15) is 35.9 Å². The van der Waals surface area contributed by atoms with E-state index in [9.17, 15) is 22.8 Å². The third-order valence-electron chi connectivity index (χ3n) is 3.24. The number of hydrogen-bond donors (Lipinski definition) is 2. The number of hydrogen-bond acceptors (Lipinski definition) is 4. The van der Waals surface area contributed by atoms with E-state index < -0.39 is 24.4 Å². The van der Waals surface area contributed by atoms with E-state index >= 15 is 0 Å². The zero-order chi connectivity index (χ0) is 18.6. The van der Waals surface area contributed by atoms with Crippen molar-refractivity contribution in [1.29, 1.82) is 0 Å². The molecule has 0 radical (unpaired) electrons. The first-order valence-electron chi connectivity index (χ1n) is 7.42. The number of carbonyl (C=O) groups excluding carboxylic acids is 2. The Kier molecular flexibility index (Phi) is 5.40. The molecule has 0 aliphatic carbocycles. The molecule has 0 saturated carbocycles. The maximum absolute atomic E-state index is 12.2. The van der Waals surface area contributed by atoms with E-state index in [1.807, 2.05) is 6.92 Å². The number of nitrogens with one attached hydrogen (secondary N) is 1. The Morgan fingerprint density at radius 3 is 2.40 bits per heavy atom. The van der Waals surface area contributed by atoms with Crippen molar-refractivity contribution >= 4 is 17.5 Å². The van der Waals surface area contributed by atoms with Crippen LogP contribution in [0.25, 0.3) is 5.69 Å². The van der Waals surface area contributed by atoms with E-state index in [1.54, 1.807) is 12.1 Å². The van der Waals surface area contributed by atoms with Gasteiger partial charge in [0.05, 0.1) is 11.4 Å². The second-order valence-corrected chi connectivity index (χ2v) is 5.30. The van der Waals surface area contributed by atoms with Gasteiger partial charge in [-0.1, -0.05) is 18.6 Å². The number of amides is 2. The minimum Gasteiger partial charge on any atom is -0.364 e. The second kappa shape index (κ2) is 7.32. The molecular formula is C15H16F3N5O2. The van der Waals surface area contributed by atoms with Gasteiger partial charge in [0.15, 0.2) is 5.69 Å². The molecule has 134 valence electrons. The van der Waals surface area contributed by atoms with Crippen LogP contribution in [0.2, 0.25) is 0 Å². The molecular weight excluding hydrogens is 339 g/mol. The van der Waals surface area contributed by atoms with E-state index in [2.05, 4.69) is 15.6 Å². The van der Waals surface area contributed by atoms with Gasteiger partial charge in [0.25, 0.3) is 5.91 Å². The van der Waals surface area contributed by atoms with Crippen molar-refractivity contribution in [3.8, 4) is 5.69 Å². The molecule has 1 aromatic heterocycles. The lowest BCUT2D eigenvalue weighted by atomic mass is 10.2. The molecule has 0 aliphatic rings. The second-order valence-electron chi connectivity index (χ2n) is 5.30. The van der Waals surface area contributed by atoms with Crippen LogP contribution in [-0.2, 0) is 11.2 Å². The number of carbonyl (C=O) groups is 2. The summed E-state index contributed by atoms with van der Waals surface area (Å²) in [5.74, 6) is -1.84. The molecule has 10 heteroatoms. The molecule has 0 saturated heterocycles. The molecule has 0 spiro atoms. The maximum atomic E-state index is 12.2. The van der Waals surface area contributed by atoms with Gasteiger partial charge < -0.3 is 11.1 Å². The fourth-order valence-corrected chi connectivity index (χ4v) is 2.23. The van der Waals surface area contributed by atoms with Crippen molar-refractivity contribution in [2.45, 2.75) is 32.4 Å². The fourth-order valence-electron chi connectivity index (χ4n) is 2.23. The lowest BCUT2D eigenvalue weighted by Crippen LogP contribution is -2.21. The Balaban J connectivity index is 2.20. The average Bonchev–Trinajstić information content (AvgIpc) is 2.90. The highest BCUT2D eigenvalue weighted by atomic mass is 19.4. The summed E-state index contributed by atoms with van der Waals surface area (Å²) in [5.41, 5.74) is 6.64. The highest BCUT2D eigenvalue weighted by molar-refractivity contribution is 5.92. The van der Waals surface area contributed by atoms with Gasteiger partial charge in [-0.15, -0.1) is 5.10 Å². The fraction of sp³-hybridized carbons (Fsp3) is 0.333. The molecule has 1 heterocycles. The van der Waals surface area contributed by atoms with Crippen molar-refractivity contribution < 1.29 is 22.8 Å². The number of halogens is 3. The normalized spacial score (nSPS) is 11.4. The third-order valence-corrected chi connectivity index (χ3v) is 3.24. The van der Waals surface area contributed by atoms with Gasteiger partial charge in [0.2, 0.25) is 5.91 Å². The van der Waals surface area contributed by atoms with Crippen molar-refractivity contribution in [2.24, 2.45) is 5.73 Å². The molecule has 0 aliphatic heterocycles. The van der Waals surface area contributed by atoms with Crippen LogP contribution in [0.4, 0.5) is 18.9 Å². The first-order chi connectivity index (χ1) is 11.7. The smallest absolute Gasteiger partial charge is 0.364 e. The zero-order valence-electron chi connectivity index (χ0n) is 13.3. The van der Waals surface area contributed by atoms with Gasteiger partial charge in [-0.2, -0.15) is 13.2 Å². The van der Waals surface area contributed by atoms with Crippen LogP contribution >= 0.6 is 0 Å². The van der Waals surface area contributed by atoms with Gasteiger partial charge in [-0.05, 0) is 30.7 Å². The summed E-state index contributed by atoms with van der Waals surface area (Å²) in [6.07, 6.45) is -4.86. The number of rotatable bonds is 6. The van der Waals surface area contributed by atoms with E-state index in [4.69, 9.17) is 5.73 Å². The first-order valence-corrected chi connectivity index (χ1v) is 7.42. The molecule has 7 nitrogen and oxygen atoms in total. The van der Waals surface area contributed by atoms with Gasteiger partial charge in [0.1, 0.15) is 6.42 Å². The number of nitrogens with zero attached hydrogens (tertiary/aromatic N) is 3. The average molecular weight is 355 g/mol. The van der Waals surface area contributed by atoms with Gasteiger partial charge in [-0.3, -0.25) is 9.59 Å². The molecule has 0 fully saturated rings. The molecule has 0 bridgehead atoms. The van der Waals surface area contributed by atoms with Crippen molar-refractivity contribution in [1.82, 2.24) is 15.0 Å². The van der Waals surface area contributed by atoms with Crippen LogP contribution in [-0.4, -0.2) is 33.0 Å². The lowest BCUT2D eigenvalue weighted by Gasteiger charge is -2.09. The summed E-state index contributed by atoms with van der Waals surface area (Å²) in [6, 6.07) is 5.96. The maximum Gasteiger partial charge on any atom is 0.397 e. The standard InChI is InChI=1S/C15H16F3N5O2/c1-2-3-11-13(14(19)25)21-22-23(11)10-6-4-9(5-7-10)20-12(24)8-15(16,17)18/h4-7H,2-3,8H2,1H3,(H2,19,25)(H,20,24). The summed E-state index contributed by atoms with van der Waals surface area (Å²) in [6.45, 7) is 1.92. The van der Waals surface area contributed by atoms with Crippen molar-refractivity contribution in [3.05, 3.63) is 35.7 Å². The van der Waals surface area contributed by atoms with E-state index in [-0.39, 0.29) is 11.4 Å². The van der Waals surface area contributed by atoms with Crippen LogP contribution in [0, 0.1) is 0 Å². The lowest BCUT2D eigenvalue weighted by molar-refractivity contribution is -0.150. The third kappa shape index (κ3) is 4.78. The monoisotopic (exact) mass is 355 g/mol. The van der Waals surface area contributed by atoms with E-state index in [1.165, 1.54) is 16.8 Å². The quantitative estimate of drug-likeness (QED) is 0.829. The van der Waals surface area contributed by atoms with E-state index in [0.29, 0.717) is 17.8 Å². The highest BCUT2D eigenvalue weighted by Gasteiger charge is 2.31.